The van der Waals surface area contributed by atoms with Crippen LogP contribution in [-0.4, -0.2) is 21.7 Å². The lowest BCUT2D eigenvalue weighted by molar-refractivity contribution is 0.265. The molecule has 14 heavy (non-hydrogen) atoms. The minimum Gasteiger partial charge on any atom is -0.394 e. The van der Waals surface area contributed by atoms with Crippen molar-refractivity contribution in [3.8, 4) is 0 Å². The summed E-state index contributed by atoms with van der Waals surface area (Å²) >= 11 is 0. The lowest BCUT2D eigenvalue weighted by atomic mass is 10.0. The number of hydrogen-bond acceptors (Lipinski definition) is 4. The predicted octanol–water partition coefficient (Wildman–Crippen LogP) is 0.347. The average Bonchev–Trinajstić information content (AvgIpc) is 2.27. The molecule has 4 nitrogen and oxygen atoms in total. The van der Waals surface area contributed by atoms with Crippen LogP contribution in [0.3, 0.4) is 0 Å². The number of rotatable bonds is 2. The van der Waals surface area contributed by atoms with Crippen molar-refractivity contribution in [1.29, 1.82) is 0 Å². The average molecular weight is 193 g/mol. The smallest absolute Gasteiger partial charge is 0.0780 e. The van der Waals surface area contributed by atoms with Gasteiger partial charge < -0.3 is 10.8 Å². The molecule has 0 radical (unpaired) electrons. The van der Waals surface area contributed by atoms with Gasteiger partial charge in [0.25, 0.3) is 0 Å². The van der Waals surface area contributed by atoms with Crippen molar-refractivity contribution < 1.29 is 5.11 Å². The molecule has 1 atom stereocenters. The molecule has 76 valence electrons. The zero-order chi connectivity index (χ0) is 9.97. The second-order valence-corrected chi connectivity index (χ2v) is 3.68. The fourth-order valence-electron chi connectivity index (χ4n) is 1.73. The first-order chi connectivity index (χ1) is 6.81. The van der Waals surface area contributed by atoms with Crippen molar-refractivity contribution >= 4 is 0 Å². The third-order valence-electron chi connectivity index (χ3n) is 2.60. The Bertz CT molecular complexity index is 327. The van der Waals surface area contributed by atoms with Gasteiger partial charge in [-0.1, -0.05) is 0 Å². The van der Waals surface area contributed by atoms with Crippen molar-refractivity contribution in [2.75, 3.05) is 6.61 Å². The van der Waals surface area contributed by atoms with Crippen LogP contribution in [0.15, 0.2) is 6.20 Å². The van der Waals surface area contributed by atoms with Crippen LogP contribution in [0.25, 0.3) is 0 Å². The molecule has 0 aromatic carbocycles. The van der Waals surface area contributed by atoms with Crippen molar-refractivity contribution in [3.63, 3.8) is 0 Å². The van der Waals surface area contributed by atoms with Gasteiger partial charge in [0, 0.05) is 0 Å². The maximum atomic E-state index is 8.90. The zero-order valence-electron chi connectivity index (χ0n) is 8.11. The normalized spacial score (nSPS) is 17.6. The summed E-state index contributed by atoms with van der Waals surface area (Å²) in [5, 5.41) is 8.90. The van der Waals surface area contributed by atoms with Gasteiger partial charge in [-0.2, -0.15) is 0 Å². The van der Waals surface area contributed by atoms with E-state index in [-0.39, 0.29) is 6.61 Å². The van der Waals surface area contributed by atoms with Crippen molar-refractivity contribution in [2.24, 2.45) is 5.73 Å². The molecular weight excluding hydrogens is 178 g/mol. The van der Waals surface area contributed by atoms with Crippen LogP contribution >= 0.6 is 0 Å². The van der Waals surface area contributed by atoms with Crippen LogP contribution in [-0.2, 0) is 12.8 Å². The molecule has 1 aromatic rings. The van der Waals surface area contributed by atoms with Crippen LogP contribution in [0.5, 0.6) is 0 Å². The molecule has 0 saturated carbocycles. The fraction of sp³-hybridized carbons (Fsp3) is 0.600. The number of aromatic nitrogens is 2. The van der Waals surface area contributed by atoms with Crippen molar-refractivity contribution in [1.82, 2.24) is 9.97 Å². The lowest BCUT2D eigenvalue weighted by Gasteiger charge is -2.15. The molecule has 1 aliphatic rings. The molecule has 1 heterocycles. The second-order valence-electron chi connectivity index (χ2n) is 3.68. The molecule has 0 amide bonds. The van der Waals surface area contributed by atoms with E-state index >= 15 is 0 Å². The summed E-state index contributed by atoms with van der Waals surface area (Å²) in [6.07, 6.45) is 6.09. The first-order valence-electron chi connectivity index (χ1n) is 5.02. The van der Waals surface area contributed by atoms with E-state index in [1.165, 1.54) is 12.8 Å². The minimum absolute atomic E-state index is 0.0759. The Morgan fingerprint density at radius 1 is 1.36 bits per heavy atom. The molecule has 1 aliphatic carbocycles. The molecule has 0 bridgehead atoms. The van der Waals surface area contributed by atoms with Crippen LogP contribution in [0.1, 0.15) is 36.0 Å². The summed E-state index contributed by atoms with van der Waals surface area (Å²) < 4.78 is 0. The molecule has 0 aliphatic heterocycles. The van der Waals surface area contributed by atoms with Crippen LogP contribution in [0.4, 0.5) is 0 Å². The third-order valence-corrected chi connectivity index (χ3v) is 2.60. The molecule has 1 unspecified atom stereocenters. The summed E-state index contributed by atoms with van der Waals surface area (Å²) in [6, 6.07) is -0.394. The summed E-state index contributed by atoms with van der Waals surface area (Å²) in [4.78, 5) is 8.77. The Kier molecular flexibility index (Phi) is 2.74. The Hall–Kier alpha value is -1.00. The standard InChI is InChI=1S/C10H15N3O/c11-7(6-14)10-5-12-8-3-1-2-4-9(8)13-10/h5,7,14H,1-4,6,11H2. The summed E-state index contributed by atoms with van der Waals surface area (Å²) in [7, 11) is 0. The number of nitrogens with zero attached hydrogens (tertiary/aromatic N) is 2. The maximum absolute atomic E-state index is 8.90. The highest BCUT2D eigenvalue weighted by Crippen LogP contribution is 2.18. The van der Waals surface area contributed by atoms with E-state index in [1.54, 1.807) is 6.20 Å². The van der Waals surface area contributed by atoms with Gasteiger partial charge in [0.2, 0.25) is 0 Å². The molecule has 0 spiro atoms. The number of aryl methyl sites for hydroxylation is 2. The van der Waals surface area contributed by atoms with Crippen LogP contribution < -0.4 is 5.73 Å². The van der Waals surface area contributed by atoms with E-state index in [0.29, 0.717) is 5.69 Å². The summed E-state index contributed by atoms with van der Waals surface area (Å²) in [5.41, 5.74) is 8.55. The number of hydrogen-bond donors (Lipinski definition) is 2. The van der Waals surface area contributed by atoms with Gasteiger partial charge in [-0.15, -0.1) is 0 Å². The molecule has 0 fully saturated rings. The van der Waals surface area contributed by atoms with Crippen molar-refractivity contribution in [2.45, 2.75) is 31.7 Å². The highest BCUT2D eigenvalue weighted by atomic mass is 16.3. The Labute approximate surface area is 83.2 Å². The number of fused-ring (bicyclic) bond motifs is 1. The van der Waals surface area contributed by atoms with E-state index in [2.05, 4.69) is 9.97 Å². The zero-order valence-corrected chi connectivity index (χ0v) is 8.11. The predicted molar refractivity (Wildman–Crippen MR) is 52.7 cm³/mol. The Morgan fingerprint density at radius 2 is 2.07 bits per heavy atom. The quantitative estimate of drug-likeness (QED) is 0.710. The van der Waals surface area contributed by atoms with Crippen LogP contribution in [0, 0.1) is 0 Å². The van der Waals surface area contributed by atoms with Gasteiger partial charge in [0.15, 0.2) is 0 Å². The third kappa shape index (κ3) is 1.76. The first-order valence-corrected chi connectivity index (χ1v) is 5.02. The fourth-order valence-corrected chi connectivity index (χ4v) is 1.73. The van der Waals surface area contributed by atoms with E-state index in [4.69, 9.17) is 10.8 Å². The molecule has 0 saturated heterocycles. The molecule has 4 heteroatoms. The largest absolute Gasteiger partial charge is 0.394 e. The van der Waals surface area contributed by atoms with E-state index in [0.717, 1.165) is 24.2 Å². The summed E-state index contributed by atoms with van der Waals surface area (Å²) in [5.74, 6) is 0. The van der Waals surface area contributed by atoms with Gasteiger partial charge in [0.05, 0.1) is 35.9 Å². The van der Waals surface area contributed by atoms with Gasteiger partial charge >= 0.3 is 0 Å². The van der Waals surface area contributed by atoms with Gasteiger partial charge in [-0.25, -0.2) is 0 Å². The Balaban J connectivity index is 2.29. The second kappa shape index (κ2) is 4.02. The minimum atomic E-state index is -0.394. The topological polar surface area (TPSA) is 72.0 Å². The number of aliphatic hydroxyl groups excluding tert-OH is 1. The number of aliphatic hydroxyl groups is 1. The highest BCUT2D eigenvalue weighted by Gasteiger charge is 2.14. The molecule has 1 aromatic heterocycles. The van der Waals surface area contributed by atoms with E-state index < -0.39 is 6.04 Å². The number of nitrogens with two attached hydrogens (primary N) is 1. The van der Waals surface area contributed by atoms with Crippen molar-refractivity contribution in [3.05, 3.63) is 23.3 Å². The van der Waals surface area contributed by atoms with Gasteiger partial charge in [-0.3, -0.25) is 9.97 Å². The van der Waals surface area contributed by atoms with E-state index in [9.17, 15) is 0 Å². The van der Waals surface area contributed by atoms with Crippen LogP contribution in [0.2, 0.25) is 0 Å². The SMILES string of the molecule is NC(CO)c1cnc2c(n1)CCCC2. The van der Waals surface area contributed by atoms with Gasteiger partial charge in [-0.05, 0) is 25.7 Å². The molecule has 2 rings (SSSR count). The highest BCUT2D eigenvalue weighted by molar-refractivity contribution is 5.18. The lowest BCUT2D eigenvalue weighted by Crippen LogP contribution is -2.19. The van der Waals surface area contributed by atoms with Gasteiger partial charge in [0.1, 0.15) is 0 Å². The Morgan fingerprint density at radius 3 is 2.79 bits per heavy atom. The maximum Gasteiger partial charge on any atom is 0.0780 e. The van der Waals surface area contributed by atoms with E-state index in [1.807, 2.05) is 0 Å². The molecule has 3 N–H and O–H groups in total. The monoisotopic (exact) mass is 193 g/mol. The first kappa shape index (κ1) is 9.55. The summed E-state index contributed by atoms with van der Waals surface area (Å²) in [6.45, 7) is -0.0759. The molecular formula is C10H15N3O.